The van der Waals surface area contributed by atoms with E-state index in [1.165, 1.54) is 0 Å². The Morgan fingerprint density at radius 1 is 1.31 bits per heavy atom. The summed E-state index contributed by atoms with van der Waals surface area (Å²) in [5, 5.41) is 13.6. The zero-order chi connectivity index (χ0) is 22.9. The van der Waals surface area contributed by atoms with Crippen LogP contribution in [0.2, 0.25) is 0 Å². The Balaban J connectivity index is 1.60. The number of nitrogens with one attached hydrogen (secondary N) is 1. The van der Waals surface area contributed by atoms with Crippen molar-refractivity contribution in [1.29, 1.82) is 0 Å². The highest BCUT2D eigenvalue weighted by Gasteiger charge is 2.36. The fourth-order valence-corrected chi connectivity index (χ4v) is 3.95. The SMILES string of the molecule is CC(C)Oc1cnc(-c2nsc(Nc3ncccc3N3CCCC3O)n2)cc1C(F)(F)F. The van der Waals surface area contributed by atoms with Gasteiger partial charge in [0.25, 0.3) is 0 Å². The second-order valence-corrected chi connectivity index (χ2v) is 8.22. The summed E-state index contributed by atoms with van der Waals surface area (Å²) in [7, 11) is 0. The van der Waals surface area contributed by atoms with Crippen molar-refractivity contribution in [2.45, 2.75) is 45.2 Å². The summed E-state index contributed by atoms with van der Waals surface area (Å²) in [6, 6.07) is 4.48. The van der Waals surface area contributed by atoms with Crippen molar-refractivity contribution in [3.63, 3.8) is 0 Å². The van der Waals surface area contributed by atoms with E-state index in [9.17, 15) is 18.3 Å². The average Bonchev–Trinajstić information content (AvgIpc) is 3.37. The van der Waals surface area contributed by atoms with Gasteiger partial charge in [-0.2, -0.15) is 22.5 Å². The maximum Gasteiger partial charge on any atom is 0.420 e. The van der Waals surface area contributed by atoms with E-state index in [2.05, 4.69) is 24.6 Å². The summed E-state index contributed by atoms with van der Waals surface area (Å²) in [5.74, 6) is 0.186. The number of aromatic nitrogens is 4. The van der Waals surface area contributed by atoms with Gasteiger partial charge in [0.05, 0.1) is 18.0 Å². The summed E-state index contributed by atoms with van der Waals surface area (Å²) >= 11 is 0.974. The highest BCUT2D eigenvalue weighted by atomic mass is 32.1. The summed E-state index contributed by atoms with van der Waals surface area (Å²) < 4.78 is 50.0. The molecule has 3 aromatic heterocycles. The molecule has 1 aliphatic heterocycles. The van der Waals surface area contributed by atoms with E-state index in [4.69, 9.17) is 4.74 Å². The number of rotatable bonds is 6. The van der Waals surface area contributed by atoms with Crippen LogP contribution in [-0.2, 0) is 6.18 Å². The maximum absolute atomic E-state index is 13.5. The number of pyridine rings is 2. The van der Waals surface area contributed by atoms with Crippen molar-refractivity contribution in [2.75, 3.05) is 16.8 Å². The number of halogens is 3. The number of hydrogen-bond donors (Lipinski definition) is 2. The maximum atomic E-state index is 13.5. The molecule has 0 saturated carbocycles. The van der Waals surface area contributed by atoms with E-state index < -0.39 is 24.1 Å². The van der Waals surface area contributed by atoms with E-state index >= 15 is 0 Å². The largest absolute Gasteiger partial charge is 0.489 e. The molecule has 12 heteroatoms. The lowest BCUT2D eigenvalue weighted by atomic mass is 10.2. The van der Waals surface area contributed by atoms with Crippen LogP contribution in [0.3, 0.4) is 0 Å². The smallest absolute Gasteiger partial charge is 0.420 e. The number of aliphatic hydroxyl groups excluding tert-OH is 1. The van der Waals surface area contributed by atoms with Crippen LogP contribution in [0.15, 0.2) is 30.6 Å². The van der Waals surface area contributed by atoms with Gasteiger partial charge >= 0.3 is 6.18 Å². The number of anilines is 3. The minimum Gasteiger partial charge on any atom is -0.489 e. The third-order valence-corrected chi connectivity index (χ3v) is 5.36. The zero-order valence-electron chi connectivity index (χ0n) is 17.3. The first kappa shape index (κ1) is 22.2. The molecule has 0 aliphatic carbocycles. The Kier molecular flexibility index (Phi) is 6.15. The molecule has 1 aliphatic rings. The quantitative estimate of drug-likeness (QED) is 0.550. The first-order chi connectivity index (χ1) is 15.2. The van der Waals surface area contributed by atoms with Gasteiger partial charge < -0.3 is 20.1 Å². The lowest BCUT2D eigenvalue weighted by molar-refractivity contribution is -0.139. The lowest BCUT2D eigenvalue weighted by Gasteiger charge is -2.24. The predicted octanol–water partition coefficient (Wildman–Crippen LogP) is 4.46. The average molecular weight is 466 g/mol. The van der Waals surface area contributed by atoms with Gasteiger partial charge in [-0.05, 0) is 44.9 Å². The summed E-state index contributed by atoms with van der Waals surface area (Å²) in [6.45, 7) is 3.97. The van der Waals surface area contributed by atoms with Crippen molar-refractivity contribution in [3.8, 4) is 17.3 Å². The zero-order valence-corrected chi connectivity index (χ0v) is 18.1. The normalized spacial score (nSPS) is 16.6. The van der Waals surface area contributed by atoms with Crippen LogP contribution in [0.5, 0.6) is 5.75 Å². The van der Waals surface area contributed by atoms with E-state index in [1.807, 2.05) is 11.0 Å². The Morgan fingerprint density at radius 3 is 2.81 bits per heavy atom. The molecule has 4 heterocycles. The van der Waals surface area contributed by atoms with Gasteiger partial charge in [0.15, 0.2) is 11.6 Å². The second kappa shape index (κ2) is 8.87. The molecule has 32 heavy (non-hydrogen) atoms. The van der Waals surface area contributed by atoms with Gasteiger partial charge in [0.2, 0.25) is 5.13 Å². The van der Waals surface area contributed by atoms with Crippen LogP contribution in [0.25, 0.3) is 11.5 Å². The van der Waals surface area contributed by atoms with E-state index in [-0.39, 0.29) is 17.3 Å². The van der Waals surface area contributed by atoms with Crippen LogP contribution in [-0.4, -0.2) is 43.3 Å². The number of aliphatic hydroxyl groups is 1. The van der Waals surface area contributed by atoms with Gasteiger partial charge in [0.1, 0.15) is 23.2 Å². The van der Waals surface area contributed by atoms with Crippen LogP contribution >= 0.6 is 11.5 Å². The first-order valence-corrected chi connectivity index (χ1v) is 10.7. The number of hydrogen-bond acceptors (Lipinski definition) is 9. The molecule has 1 saturated heterocycles. The summed E-state index contributed by atoms with van der Waals surface area (Å²) in [5.41, 5.74) is -0.244. The van der Waals surface area contributed by atoms with Crippen molar-refractivity contribution in [1.82, 2.24) is 19.3 Å². The minimum atomic E-state index is -4.61. The third kappa shape index (κ3) is 4.75. The summed E-state index contributed by atoms with van der Waals surface area (Å²) in [4.78, 5) is 14.5. The molecule has 0 amide bonds. The molecule has 0 spiro atoms. The summed E-state index contributed by atoms with van der Waals surface area (Å²) in [6.07, 6.45) is -1.47. The minimum absolute atomic E-state index is 0.0195. The molecule has 1 unspecified atom stereocenters. The molecule has 170 valence electrons. The molecular weight excluding hydrogens is 445 g/mol. The fraction of sp³-hybridized carbons (Fsp3) is 0.400. The second-order valence-electron chi connectivity index (χ2n) is 7.47. The fourth-order valence-electron chi connectivity index (χ4n) is 3.37. The van der Waals surface area contributed by atoms with Crippen LogP contribution in [0, 0.1) is 0 Å². The van der Waals surface area contributed by atoms with Crippen LogP contribution in [0.4, 0.5) is 29.8 Å². The molecule has 2 N–H and O–H groups in total. The molecule has 1 atom stereocenters. The topological polar surface area (TPSA) is 96.3 Å². The van der Waals surface area contributed by atoms with Gasteiger partial charge in [0, 0.05) is 24.3 Å². The molecule has 1 fully saturated rings. The number of ether oxygens (including phenoxy) is 1. The first-order valence-electron chi connectivity index (χ1n) is 9.97. The Morgan fingerprint density at radius 2 is 2.12 bits per heavy atom. The molecule has 4 rings (SSSR count). The van der Waals surface area contributed by atoms with Gasteiger partial charge in [-0.1, -0.05) is 0 Å². The van der Waals surface area contributed by atoms with E-state index in [0.29, 0.717) is 29.6 Å². The monoisotopic (exact) mass is 466 g/mol. The van der Waals surface area contributed by atoms with Crippen molar-refractivity contribution < 1.29 is 23.0 Å². The lowest BCUT2D eigenvalue weighted by Crippen LogP contribution is -2.29. The molecular formula is C20H21F3N6O2S. The van der Waals surface area contributed by atoms with Gasteiger partial charge in [-0.15, -0.1) is 0 Å². The van der Waals surface area contributed by atoms with Crippen molar-refractivity contribution >= 4 is 28.2 Å². The van der Waals surface area contributed by atoms with Gasteiger partial charge in [-0.25, -0.2) is 9.97 Å². The van der Waals surface area contributed by atoms with Crippen LogP contribution in [0.1, 0.15) is 32.3 Å². The third-order valence-electron chi connectivity index (χ3n) is 4.73. The Bertz CT molecular complexity index is 1090. The number of nitrogens with zero attached hydrogens (tertiary/aromatic N) is 5. The molecule has 3 aromatic rings. The highest BCUT2D eigenvalue weighted by Crippen LogP contribution is 2.38. The number of alkyl halides is 3. The standard InChI is InChI=1S/C20H21F3N6O2S/c1-11(2)31-15-10-25-13(9-12(15)20(21,22)23)17-26-19(32-28-17)27-18-14(5-3-7-24-18)29-8-4-6-16(29)30/h3,5,7,9-11,16,30H,4,6,8H2,1-2H3,(H,24,26,27,28). The van der Waals surface area contributed by atoms with Gasteiger partial charge in [-0.3, -0.25) is 0 Å². The van der Waals surface area contributed by atoms with Crippen LogP contribution < -0.4 is 15.0 Å². The Hall–Kier alpha value is -2.99. The van der Waals surface area contributed by atoms with E-state index in [1.54, 1.807) is 26.1 Å². The van der Waals surface area contributed by atoms with Crippen molar-refractivity contribution in [2.24, 2.45) is 0 Å². The predicted molar refractivity (Wildman–Crippen MR) is 114 cm³/mol. The molecule has 0 bridgehead atoms. The van der Waals surface area contributed by atoms with Crippen molar-refractivity contribution in [3.05, 3.63) is 36.2 Å². The molecule has 8 nitrogen and oxygen atoms in total. The Labute approximate surface area is 186 Å². The molecule has 0 aromatic carbocycles. The molecule has 0 radical (unpaired) electrons. The highest BCUT2D eigenvalue weighted by molar-refractivity contribution is 7.09. The van der Waals surface area contributed by atoms with E-state index in [0.717, 1.165) is 30.2 Å².